The maximum absolute atomic E-state index is 13.2. The SMILES string of the molecule is COc1ccc(NS(=O)(=O)c2cc(-c3nn(C)c(=O)c4c3CCCC4)ccc2C)cc1. The van der Waals surface area contributed by atoms with Crippen molar-refractivity contribution in [3.8, 4) is 17.0 Å². The first-order valence-corrected chi connectivity index (χ1v) is 11.7. The van der Waals surface area contributed by atoms with E-state index >= 15 is 0 Å². The largest absolute Gasteiger partial charge is 0.497 e. The van der Waals surface area contributed by atoms with Crippen LogP contribution in [0.5, 0.6) is 5.75 Å². The van der Waals surface area contributed by atoms with Crippen molar-refractivity contribution in [2.45, 2.75) is 37.5 Å². The van der Waals surface area contributed by atoms with Gasteiger partial charge >= 0.3 is 0 Å². The summed E-state index contributed by atoms with van der Waals surface area (Å²) < 4.78 is 35.4. The van der Waals surface area contributed by atoms with E-state index in [1.54, 1.807) is 57.5 Å². The van der Waals surface area contributed by atoms with Crippen molar-refractivity contribution in [1.29, 1.82) is 0 Å². The van der Waals surface area contributed by atoms with Gasteiger partial charge in [0.15, 0.2) is 0 Å². The number of hydrogen-bond acceptors (Lipinski definition) is 5. The van der Waals surface area contributed by atoms with Crippen LogP contribution in [0.3, 0.4) is 0 Å². The van der Waals surface area contributed by atoms with Gasteiger partial charge in [-0.05, 0) is 74.1 Å². The topological polar surface area (TPSA) is 90.3 Å². The van der Waals surface area contributed by atoms with Gasteiger partial charge in [0.1, 0.15) is 5.75 Å². The summed E-state index contributed by atoms with van der Waals surface area (Å²) in [5, 5.41) is 4.49. The fraction of sp³-hybridized carbons (Fsp3) is 0.304. The number of nitrogens with one attached hydrogen (secondary N) is 1. The normalized spacial score (nSPS) is 13.5. The standard InChI is InChI=1S/C23H25N3O4S/c1-15-8-9-16(22-19-6-4-5-7-20(19)23(27)26(2)24-22)14-21(15)31(28,29)25-17-10-12-18(30-3)13-11-17/h8-14,25H,4-7H2,1-3H3. The van der Waals surface area contributed by atoms with E-state index in [1.165, 1.54) is 4.68 Å². The number of anilines is 1. The molecule has 0 unspecified atom stereocenters. The third kappa shape index (κ3) is 4.07. The summed E-state index contributed by atoms with van der Waals surface area (Å²) in [6, 6.07) is 12.0. The Morgan fingerprint density at radius 1 is 1.03 bits per heavy atom. The Labute approximate surface area is 181 Å². The first-order valence-electron chi connectivity index (χ1n) is 10.2. The van der Waals surface area contributed by atoms with E-state index < -0.39 is 10.0 Å². The van der Waals surface area contributed by atoms with Crippen molar-refractivity contribution < 1.29 is 13.2 Å². The molecule has 3 aromatic rings. The molecule has 0 aliphatic heterocycles. The molecule has 0 radical (unpaired) electrons. The van der Waals surface area contributed by atoms with Crippen LogP contribution in [0.25, 0.3) is 11.3 Å². The summed E-state index contributed by atoms with van der Waals surface area (Å²) in [6.07, 6.45) is 3.47. The molecule has 8 heteroatoms. The molecule has 1 aliphatic carbocycles. The minimum absolute atomic E-state index is 0.0698. The van der Waals surface area contributed by atoms with Crippen LogP contribution in [0, 0.1) is 6.92 Å². The van der Waals surface area contributed by atoms with Crippen LogP contribution >= 0.6 is 0 Å². The van der Waals surface area contributed by atoms with Gasteiger partial charge in [-0.15, -0.1) is 0 Å². The second-order valence-electron chi connectivity index (χ2n) is 7.76. The van der Waals surface area contributed by atoms with E-state index in [4.69, 9.17) is 4.74 Å². The molecule has 0 atom stereocenters. The molecule has 7 nitrogen and oxygen atoms in total. The third-order valence-corrected chi connectivity index (χ3v) is 7.17. The van der Waals surface area contributed by atoms with Crippen molar-refractivity contribution in [2.75, 3.05) is 11.8 Å². The molecular formula is C23H25N3O4S. The summed E-state index contributed by atoms with van der Waals surface area (Å²) in [5.41, 5.74) is 4.10. The third-order valence-electron chi connectivity index (χ3n) is 5.65. The van der Waals surface area contributed by atoms with Gasteiger partial charge in [0.05, 0.1) is 17.7 Å². The zero-order valence-electron chi connectivity index (χ0n) is 17.8. The minimum atomic E-state index is -3.82. The minimum Gasteiger partial charge on any atom is -0.497 e. The van der Waals surface area contributed by atoms with Gasteiger partial charge < -0.3 is 4.74 Å². The molecule has 0 fully saturated rings. The molecular weight excluding hydrogens is 414 g/mol. The highest BCUT2D eigenvalue weighted by molar-refractivity contribution is 7.92. The number of hydrogen-bond donors (Lipinski definition) is 1. The Bertz CT molecular complexity index is 1300. The monoisotopic (exact) mass is 439 g/mol. The van der Waals surface area contributed by atoms with Gasteiger partial charge in [-0.1, -0.05) is 12.1 Å². The summed E-state index contributed by atoms with van der Waals surface area (Å²) in [6.45, 7) is 1.76. The molecule has 0 amide bonds. The quantitative estimate of drug-likeness (QED) is 0.658. The Hall–Kier alpha value is -3.13. The van der Waals surface area contributed by atoms with Crippen LogP contribution in [-0.4, -0.2) is 25.3 Å². The highest BCUT2D eigenvalue weighted by Gasteiger charge is 2.23. The van der Waals surface area contributed by atoms with Gasteiger partial charge in [0, 0.05) is 23.9 Å². The molecule has 0 bridgehead atoms. The van der Waals surface area contributed by atoms with Crippen molar-refractivity contribution >= 4 is 15.7 Å². The van der Waals surface area contributed by atoms with Gasteiger partial charge in [-0.25, -0.2) is 13.1 Å². The number of methoxy groups -OCH3 is 1. The predicted molar refractivity (Wildman–Crippen MR) is 120 cm³/mol. The second kappa shape index (κ2) is 8.19. The summed E-state index contributed by atoms with van der Waals surface area (Å²) in [7, 11) is -0.628. The van der Waals surface area contributed by atoms with E-state index in [0.29, 0.717) is 28.3 Å². The number of ether oxygens (including phenoxy) is 1. The fourth-order valence-corrected chi connectivity index (χ4v) is 5.32. The van der Waals surface area contributed by atoms with Gasteiger partial charge in [-0.3, -0.25) is 9.52 Å². The van der Waals surface area contributed by atoms with Crippen LogP contribution in [0.2, 0.25) is 0 Å². The molecule has 1 aromatic heterocycles. The molecule has 31 heavy (non-hydrogen) atoms. The van der Waals surface area contributed by atoms with E-state index in [1.807, 2.05) is 6.07 Å². The Morgan fingerprint density at radius 3 is 2.39 bits per heavy atom. The zero-order valence-corrected chi connectivity index (χ0v) is 18.6. The number of nitrogens with zero attached hydrogens (tertiary/aromatic N) is 2. The Balaban J connectivity index is 1.77. The molecule has 0 saturated heterocycles. The number of fused-ring (bicyclic) bond motifs is 1. The lowest BCUT2D eigenvalue weighted by Gasteiger charge is -2.20. The fourth-order valence-electron chi connectivity index (χ4n) is 3.99. The molecule has 0 saturated carbocycles. The summed E-state index contributed by atoms with van der Waals surface area (Å²) in [5.74, 6) is 0.645. The molecule has 162 valence electrons. The molecule has 1 aliphatic rings. The average molecular weight is 440 g/mol. The van der Waals surface area contributed by atoms with E-state index in [0.717, 1.165) is 36.8 Å². The first kappa shape index (κ1) is 21.1. The van der Waals surface area contributed by atoms with Gasteiger partial charge in [0.2, 0.25) is 0 Å². The van der Waals surface area contributed by atoms with Crippen LogP contribution in [0.1, 0.15) is 29.5 Å². The zero-order chi connectivity index (χ0) is 22.2. The average Bonchev–Trinajstić information content (AvgIpc) is 2.77. The maximum Gasteiger partial charge on any atom is 0.269 e. The highest BCUT2D eigenvalue weighted by atomic mass is 32.2. The maximum atomic E-state index is 13.2. The molecule has 2 aromatic carbocycles. The lowest BCUT2D eigenvalue weighted by atomic mass is 9.89. The Morgan fingerprint density at radius 2 is 1.71 bits per heavy atom. The van der Waals surface area contributed by atoms with Gasteiger partial charge in [0.25, 0.3) is 15.6 Å². The van der Waals surface area contributed by atoms with E-state index in [2.05, 4.69) is 9.82 Å². The number of aryl methyl sites for hydroxylation is 2. The van der Waals surface area contributed by atoms with Crippen LogP contribution in [0.15, 0.2) is 52.2 Å². The predicted octanol–water partition coefficient (Wildman–Crippen LogP) is 3.44. The molecule has 1 heterocycles. The highest BCUT2D eigenvalue weighted by Crippen LogP contribution is 2.31. The summed E-state index contributed by atoms with van der Waals surface area (Å²) >= 11 is 0. The lowest BCUT2D eigenvalue weighted by Crippen LogP contribution is -2.28. The van der Waals surface area contributed by atoms with Crippen molar-refractivity contribution in [3.63, 3.8) is 0 Å². The first-order chi connectivity index (χ1) is 14.8. The number of aromatic nitrogens is 2. The number of rotatable bonds is 5. The lowest BCUT2D eigenvalue weighted by molar-refractivity contribution is 0.415. The number of benzene rings is 2. The summed E-state index contributed by atoms with van der Waals surface area (Å²) in [4.78, 5) is 12.7. The van der Waals surface area contributed by atoms with E-state index in [-0.39, 0.29) is 10.5 Å². The van der Waals surface area contributed by atoms with Crippen LogP contribution in [0.4, 0.5) is 5.69 Å². The van der Waals surface area contributed by atoms with Crippen molar-refractivity contribution in [1.82, 2.24) is 9.78 Å². The van der Waals surface area contributed by atoms with Crippen LogP contribution < -0.4 is 15.0 Å². The molecule has 4 rings (SSSR count). The van der Waals surface area contributed by atoms with Crippen LogP contribution in [-0.2, 0) is 29.9 Å². The molecule has 0 spiro atoms. The van der Waals surface area contributed by atoms with Crippen molar-refractivity contribution in [3.05, 3.63) is 69.5 Å². The van der Waals surface area contributed by atoms with Gasteiger partial charge in [-0.2, -0.15) is 5.10 Å². The number of sulfonamides is 1. The van der Waals surface area contributed by atoms with Crippen molar-refractivity contribution in [2.24, 2.45) is 7.05 Å². The smallest absolute Gasteiger partial charge is 0.269 e. The second-order valence-corrected chi connectivity index (χ2v) is 9.41. The Kier molecular flexibility index (Phi) is 5.58. The van der Waals surface area contributed by atoms with E-state index in [9.17, 15) is 13.2 Å². The molecule has 1 N–H and O–H groups in total.